The van der Waals surface area contributed by atoms with Gasteiger partial charge in [0.1, 0.15) is 0 Å². The normalized spacial score (nSPS) is 25.8. The Hall–Kier alpha value is 0.270. The van der Waals surface area contributed by atoms with Crippen LogP contribution in [-0.2, 0) is 4.52 Å². The van der Waals surface area contributed by atoms with Gasteiger partial charge in [-0.2, -0.15) is 0 Å². The highest BCUT2D eigenvalue weighted by molar-refractivity contribution is 7.39. The van der Waals surface area contributed by atoms with E-state index in [1.807, 2.05) is 0 Å². The Morgan fingerprint density at radius 2 is 2.15 bits per heavy atom. The van der Waals surface area contributed by atoms with E-state index in [2.05, 4.69) is 18.7 Å². The van der Waals surface area contributed by atoms with Gasteiger partial charge >= 0.3 is 8.60 Å². The van der Waals surface area contributed by atoms with E-state index in [9.17, 15) is 0 Å². The molecule has 0 aromatic rings. The SMILES string of the molecule is CC(C)N1CCCC(OP(O)O)C1. The average molecular weight is 207 g/mol. The van der Waals surface area contributed by atoms with E-state index in [1.54, 1.807) is 0 Å². The molecular weight excluding hydrogens is 189 g/mol. The quantitative estimate of drug-likeness (QED) is 0.680. The number of likely N-dealkylation sites (tertiary alicyclic amines) is 1. The smallest absolute Gasteiger partial charge is 0.327 e. The lowest BCUT2D eigenvalue weighted by molar-refractivity contribution is 0.0620. The second kappa shape index (κ2) is 5.23. The molecule has 0 aliphatic carbocycles. The Labute approximate surface area is 80.5 Å². The zero-order valence-corrected chi connectivity index (χ0v) is 9.07. The third-order valence-corrected chi connectivity index (χ3v) is 2.87. The lowest BCUT2D eigenvalue weighted by atomic mass is 10.1. The number of nitrogens with zero attached hydrogens (tertiary/aromatic N) is 1. The minimum atomic E-state index is -2.19. The van der Waals surface area contributed by atoms with Gasteiger partial charge in [0.2, 0.25) is 0 Å². The highest BCUT2D eigenvalue weighted by Crippen LogP contribution is 2.30. The van der Waals surface area contributed by atoms with Crippen molar-refractivity contribution < 1.29 is 14.3 Å². The fourth-order valence-corrected chi connectivity index (χ4v) is 2.09. The van der Waals surface area contributed by atoms with Crippen molar-refractivity contribution in [1.82, 2.24) is 4.90 Å². The molecule has 2 N–H and O–H groups in total. The summed E-state index contributed by atoms with van der Waals surface area (Å²) in [4.78, 5) is 19.7. The summed E-state index contributed by atoms with van der Waals surface area (Å²) in [5.74, 6) is 0. The fourth-order valence-electron chi connectivity index (χ4n) is 1.65. The van der Waals surface area contributed by atoms with Crippen LogP contribution < -0.4 is 0 Å². The van der Waals surface area contributed by atoms with Gasteiger partial charge in [0.15, 0.2) is 0 Å². The first-order chi connectivity index (χ1) is 6.09. The van der Waals surface area contributed by atoms with E-state index in [0.717, 1.165) is 25.9 Å². The third kappa shape index (κ3) is 3.88. The maximum absolute atomic E-state index is 8.71. The molecule has 1 heterocycles. The van der Waals surface area contributed by atoms with Gasteiger partial charge in [-0.05, 0) is 33.2 Å². The molecule has 4 nitrogen and oxygen atoms in total. The molecular formula is C8H18NO3P. The van der Waals surface area contributed by atoms with Crippen molar-refractivity contribution in [3.8, 4) is 0 Å². The summed E-state index contributed by atoms with van der Waals surface area (Å²) in [6.45, 7) is 6.19. The van der Waals surface area contributed by atoms with E-state index in [4.69, 9.17) is 14.3 Å². The molecule has 1 rings (SSSR count). The summed E-state index contributed by atoms with van der Waals surface area (Å²) < 4.78 is 5.01. The van der Waals surface area contributed by atoms with Crippen LogP contribution in [0.15, 0.2) is 0 Å². The second-order valence-corrected chi connectivity index (χ2v) is 4.43. The number of piperidine rings is 1. The molecule has 0 amide bonds. The molecule has 1 fully saturated rings. The van der Waals surface area contributed by atoms with Crippen LogP contribution in [0.5, 0.6) is 0 Å². The summed E-state index contributed by atoms with van der Waals surface area (Å²) in [5.41, 5.74) is 0. The second-order valence-electron chi connectivity index (χ2n) is 3.71. The highest BCUT2D eigenvalue weighted by atomic mass is 31.2. The number of hydrogen-bond donors (Lipinski definition) is 2. The molecule has 0 saturated carbocycles. The first kappa shape index (κ1) is 11.3. The van der Waals surface area contributed by atoms with E-state index < -0.39 is 8.60 Å². The van der Waals surface area contributed by atoms with Gasteiger partial charge in [0.05, 0.1) is 6.10 Å². The molecule has 0 aromatic heterocycles. The van der Waals surface area contributed by atoms with Gasteiger partial charge in [-0.3, -0.25) is 4.90 Å². The molecule has 0 radical (unpaired) electrons. The van der Waals surface area contributed by atoms with Crippen LogP contribution in [0.2, 0.25) is 0 Å². The largest absolute Gasteiger partial charge is 0.328 e. The van der Waals surface area contributed by atoms with Crippen LogP contribution in [0.3, 0.4) is 0 Å². The number of hydrogen-bond acceptors (Lipinski definition) is 4. The van der Waals surface area contributed by atoms with Gasteiger partial charge in [-0.25, -0.2) is 0 Å². The average Bonchev–Trinajstić information content (AvgIpc) is 2.03. The van der Waals surface area contributed by atoms with Crippen molar-refractivity contribution >= 4 is 8.60 Å². The van der Waals surface area contributed by atoms with Crippen molar-refractivity contribution in [3.05, 3.63) is 0 Å². The summed E-state index contributed by atoms with van der Waals surface area (Å²) in [6, 6.07) is 0.509. The number of rotatable bonds is 3. The Morgan fingerprint density at radius 3 is 2.69 bits per heavy atom. The predicted molar refractivity (Wildman–Crippen MR) is 52.2 cm³/mol. The van der Waals surface area contributed by atoms with Crippen molar-refractivity contribution in [2.75, 3.05) is 13.1 Å². The minimum absolute atomic E-state index is 0.00254. The lowest BCUT2D eigenvalue weighted by Gasteiger charge is -2.35. The van der Waals surface area contributed by atoms with Crippen LogP contribution in [0, 0.1) is 0 Å². The maximum Gasteiger partial charge on any atom is 0.327 e. The van der Waals surface area contributed by atoms with Gasteiger partial charge in [-0.15, -0.1) is 0 Å². The van der Waals surface area contributed by atoms with Crippen LogP contribution in [0.1, 0.15) is 26.7 Å². The zero-order valence-electron chi connectivity index (χ0n) is 8.18. The van der Waals surface area contributed by atoms with Crippen molar-refractivity contribution in [1.29, 1.82) is 0 Å². The van der Waals surface area contributed by atoms with Crippen LogP contribution in [0.25, 0.3) is 0 Å². The molecule has 1 unspecified atom stereocenters. The Morgan fingerprint density at radius 1 is 1.46 bits per heavy atom. The summed E-state index contributed by atoms with van der Waals surface area (Å²) >= 11 is 0. The van der Waals surface area contributed by atoms with Crippen molar-refractivity contribution in [2.24, 2.45) is 0 Å². The van der Waals surface area contributed by atoms with Crippen LogP contribution in [-0.4, -0.2) is 39.9 Å². The Bertz CT molecular complexity index is 154. The minimum Gasteiger partial charge on any atom is -0.328 e. The molecule has 1 saturated heterocycles. The Balaban J connectivity index is 2.33. The van der Waals surface area contributed by atoms with E-state index in [0.29, 0.717) is 6.04 Å². The zero-order chi connectivity index (χ0) is 9.84. The molecule has 5 heteroatoms. The third-order valence-electron chi connectivity index (χ3n) is 2.38. The molecule has 1 aliphatic heterocycles. The van der Waals surface area contributed by atoms with Crippen molar-refractivity contribution in [3.63, 3.8) is 0 Å². The van der Waals surface area contributed by atoms with E-state index in [1.165, 1.54) is 0 Å². The predicted octanol–water partition coefficient (Wildman–Crippen LogP) is 1.09. The lowest BCUT2D eigenvalue weighted by Crippen LogP contribution is -2.42. The summed E-state index contributed by atoms with van der Waals surface area (Å²) in [7, 11) is -2.19. The van der Waals surface area contributed by atoms with Gasteiger partial charge in [0, 0.05) is 12.6 Å². The van der Waals surface area contributed by atoms with Crippen molar-refractivity contribution in [2.45, 2.75) is 38.8 Å². The summed E-state index contributed by atoms with van der Waals surface area (Å²) in [6.07, 6.45) is 2.01. The molecule has 13 heavy (non-hydrogen) atoms. The first-order valence-corrected chi connectivity index (χ1v) is 5.85. The standard InChI is InChI=1S/C8H18NO3P/c1-7(2)9-5-3-4-8(6-9)12-13(10)11/h7-8,10-11H,3-6H2,1-2H3. The molecule has 0 aromatic carbocycles. The summed E-state index contributed by atoms with van der Waals surface area (Å²) in [5, 5.41) is 0. The highest BCUT2D eigenvalue weighted by Gasteiger charge is 2.23. The van der Waals surface area contributed by atoms with E-state index >= 15 is 0 Å². The van der Waals surface area contributed by atoms with Gasteiger partial charge < -0.3 is 14.3 Å². The topological polar surface area (TPSA) is 52.9 Å². The molecule has 0 spiro atoms. The van der Waals surface area contributed by atoms with Crippen LogP contribution in [0.4, 0.5) is 0 Å². The molecule has 1 atom stereocenters. The maximum atomic E-state index is 8.71. The van der Waals surface area contributed by atoms with Gasteiger partial charge in [0.25, 0.3) is 0 Å². The Kier molecular flexibility index (Phi) is 4.56. The fraction of sp³-hybridized carbons (Fsp3) is 1.00. The van der Waals surface area contributed by atoms with E-state index in [-0.39, 0.29) is 6.10 Å². The first-order valence-electron chi connectivity index (χ1n) is 4.68. The monoisotopic (exact) mass is 207 g/mol. The molecule has 0 bridgehead atoms. The van der Waals surface area contributed by atoms with Crippen LogP contribution >= 0.6 is 8.60 Å². The molecule has 1 aliphatic rings. The van der Waals surface area contributed by atoms with Gasteiger partial charge in [-0.1, -0.05) is 0 Å². The molecule has 78 valence electrons.